The first-order valence-electron chi connectivity index (χ1n) is 7.45. The van der Waals surface area contributed by atoms with Gasteiger partial charge in [0.15, 0.2) is 0 Å². The van der Waals surface area contributed by atoms with E-state index in [0.29, 0.717) is 19.0 Å². The molecule has 0 aromatic heterocycles. The molecule has 2 N–H and O–H groups in total. The molecule has 0 radical (unpaired) electrons. The summed E-state index contributed by atoms with van der Waals surface area (Å²) in [6.07, 6.45) is 3.86. The van der Waals surface area contributed by atoms with E-state index in [2.05, 4.69) is 17.0 Å². The summed E-state index contributed by atoms with van der Waals surface area (Å²) in [6.45, 7) is 4.85. The molecule has 0 aromatic rings. The molecule has 21 heavy (non-hydrogen) atoms. The van der Waals surface area contributed by atoms with Gasteiger partial charge in [0.05, 0.1) is 0 Å². The Morgan fingerprint density at radius 3 is 2.33 bits per heavy atom. The second kappa shape index (κ2) is 8.31. The minimum absolute atomic E-state index is 0. The van der Waals surface area contributed by atoms with Crippen molar-refractivity contribution >= 4 is 28.3 Å². The van der Waals surface area contributed by atoms with Gasteiger partial charge in [0.25, 0.3) is 0 Å². The fourth-order valence-electron chi connectivity index (χ4n) is 2.84. The Morgan fingerprint density at radius 2 is 1.76 bits per heavy atom. The zero-order valence-electron chi connectivity index (χ0n) is 12.5. The van der Waals surface area contributed by atoms with Crippen LogP contribution in [0.1, 0.15) is 32.6 Å². The Morgan fingerprint density at radius 1 is 1.19 bits per heavy atom. The highest BCUT2D eigenvalue weighted by molar-refractivity contribution is 7.90. The van der Waals surface area contributed by atoms with Crippen LogP contribution in [0.5, 0.6) is 0 Å². The Kier molecular flexibility index (Phi) is 7.39. The first kappa shape index (κ1) is 18.7. The van der Waals surface area contributed by atoms with Gasteiger partial charge in [-0.05, 0) is 31.6 Å². The fourth-order valence-corrected chi connectivity index (χ4v) is 4.18. The number of nitrogens with one attached hydrogen (secondary N) is 2. The summed E-state index contributed by atoms with van der Waals surface area (Å²) in [5.74, 6) is -0.0274. The molecule has 0 bridgehead atoms. The van der Waals surface area contributed by atoms with Gasteiger partial charge >= 0.3 is 0 Å². The molecule has 1 aliphatic heterocycles. The van der Waals surface area contributed by atoms with Crippen molar-refractivity contribution in [3.63, 3.8) is 0 Å². The number of hydrogen-bond acceptors (Lipinski definition) is 4. The van der Waals surface area contributed by atoms with E-state index in [0.717, 1.165) is 38.8 Å². The molecule has 1 aliphatic carbocycles. The minimum atomic E-state index is -3.51. The summed E-state index contributed by atoms with van der Waals surface area (Å²) < 4.78 is 26.8. The maximum atomic E-state index is 12.1. The van der Waals surface area contributed by atoms with Crippen LogP contribution in [0.4, 0.5) is 0 Å². The monoisotopic (exact) mass is 339 g/mol. The summed E-state index contributed by atoms with van der Waals surface area (Å²) >= 11 is 0. The van der Waals surface area contributed by atoms with E-state index in [1.165, 1.54) is 0 Å². The molecule has 6 nitrogen and oxygen atoms in total. The van der Waals surface area contributed by atoms with Crippen molar-refractivity contribution in [2.45, 2.75) is 38.6 Å². The van der Waals surface area contributed by atoms with Crippen molar-refractivity contribution < 1.29 is 13.2 Å². The van der Waals surface area contributed by atoms with E-state index < -0.39 is 15.8 Å². The van der Waals surface area contributed by atoms with Crippen LogP contribution in [0, 0.1) is 5.92 Å². The second-order valence-corrected chi connectivity index (χ2v) is 7.72. The molecule has 0 aromatic carbocycles. The van der Waals surface area contributed by atoms with E-state index in [1.807, 2.05) is 0 Å². The van der Waals surface area contributed by atoms with Crippen LogP contribution < -0.4 is 10.0 Å². The van der Waals surface area contributed by atoms with E-state index in [9.17, 15) is 13.2 Å². The lowest BCUT2D eigenvalue weighted by Crippen LogP contribution is -2.50. The topological polar surface area (TPSA) is 78.5 Å². The van der Waals surface area contributed by atoms with Gasteiger partial charge in [0.1, 0.15) is 5.75 Å². The second-order valence-electron chi connectivity index (χ2n) is 5.96. The third kappa shape index (κ3) is 6.10. The van der Waals surface area contributed by atoms with Gasteiger partial charge in [-0.15, -0.1) is 12.4 Å². The Bertz CT molecular complexity index is 430. The van der Waals surface area contributed by atoms with Gasteiger partial charge in [-0.2, -0.15) is 0 Å². The van der Waals surface area contributed by atoms with Gasteiger partial charge in [-0.25, -0.2) is 13.1 Å². The molecule has 1 amide bonds. The molecule has 1 saturated heterocycles. The van der Waals surface area contributed by atoms with Gasteiger partial charge < -0.3 is 10.2 Å². The maximum Gasteiger partial charge on any atom is 0.239 e. The normalized spacial score (nSPS) is 27.0. The lowest BCUT2D eigenvalue weighted by atomic mass is 9.88. The Balaban J connectivity index is 0.00000220. The molecule has 0 unspecified atom stereocenters. The number of sulfonamides is 1. The number of nitrogens with zero attached hydrogens (tertiary/aromatic N) is 1. The first-order valence-corrected chi connectivity index (χ1v) is 9.10. The largest absolute Gasteiger partial charge is 0.339 e. The van der Waals surface area contributed by atoms with Crippen LogP contribution in [0.15, 0.2) is 0 Å². The van der Waals surface area contributed by atoms with Crippen molar-refractivity contribution in [1.82, 2.24) is 14.9 Å². The number of hydrogen-bond donors (Lipinski definition) is 2. The minimum Gasteiger partial charge on any atom is -0.339 e. The zero-order valence-corrected chi connectivity index (χ0v) is 14.1. The molecule has 0 atom stereocenters. The van der Waals surface area contributed by atoms with Gasteiger partial charge in [0.2, 0.25) is 15.9 Å². The van der Waals surface area contributed by atoms with Crippen molar-refractivity contribution in [2.75, 3.05) is 31.9 Å². The van der Waals surface area contributed by atoms with E-state index in [1.54, 1.807) is 4.90 Å². The first-order chi connectivity index (χ1) is 9.46. The van der Waals surface area contributed by atoms with E-state index in [-0.39, 0.29) is 24.4 Å². The molecule has 1 heterocycles. The molecular formula is C13H26ClN3O3S. The molecule has 124 valence electrons. The number of amides is 1. The van der Waals surface area contributed by atoms with Crippen LogP contribution in [-0.2, 0) is 14.8 Å². The third-order valence-electron chi connectivity index (χ3n) is 4.15. The van der Waals surface area contributed by atoms with Crippen molar-refractivity contribution in [3.8, 4) is 0 Å². The van der Waals surface area contributed by atoms with Gasteiger partial charge in [0, 0.05) is 32.2 Å². The number of halogens is 1. The lowest BCUT2D eigenvalue weighted by Gasteiger charge is -2.29. The predicted octanol–water partition coefficient (Wildman–Crippen LogP) is 0.338. The highest BCUT2D eigenvalue weighted by atomic mass is 35.5. The van der Waals surface area contributed by atoms with E-state index in [4.69, 9.17) is 0 Å². The fraction of sp³-hybridized carbons (Fsp3) is 0.923. The molecule has 0 spiro atoms. The summed E-state index contributed by atoms with van der Waals surface area (Å²) in [4.78, 5) is 13.6. The zero-order chi connectivity index (χ0) is 14.6. The average molecular weight is 340 g/mol. The summed E-state index contributed by atoms with van der Waals surface area (Å²) in [5, 5.41) is 3.14. The SMILES string of the molecule is CC1CCC(NS(=O)(=O)CC(=O)N2CCNCC2)CC1.Cl. The van der Waals surface area contributed by atoms with Crippen LogP contribution >= 0.6 is 12.4 Å². The molecule has 8 heteroatoms. The quantitative estimate of drug-likeness (QED) is 0.774. The number of carbonyl (C=O) groups is 1. The smallest absolute Gasteiger partial charge is 0.239 e. The predicted molar refractivity (Wildman–Crippen MR) is 85.0 cm³/mol. The average Bonchev–Trinajstić information content (AvgIpc) is 2.41. The lowest BCUT2D eigenvalue weighted by molar-refractivity contribution is -0.129. The number of carbonyl (C=O) groups excluding carboxylic acids is 1. The molecule has 2 fully saturated rings. The molecular weight excluding hydrogens is 314 g/mol. The Labute approximate surface area is 133 Å². The van der Waals surface area contributed by atoms with Gasteiger partial charge in [-0.3, -0.25) is 4.79 Å². The van der Waals surface area contributed by atoms with Crippen LogP contribution in [0.2, 0.25) is 0 Å². The van der Waals surface area contributed by atoms with Crippen molar-refractivity contribution in [2.24, 2.45) is 5.92 Å². The molecule has 2 aliphatic rings. The van der Waals surface area contributed by atoms with Crippen LogP contribution in [-0.4, -0.2) is 57.2 Å². The number of rotatable bonds is 4. The van der Waals surface area contributed by atoms with Gasteiger partial charge in [-0.1, -0.05) is 6.92 Å². The van der Waals surface area contributed by atoms with Crippen LogP contribution in [0.25, 0.3) is 0 Å². The number of piperazine rings is 1. The summed E-state index contributed by atoms with van der Waals surface area (Å²) in [5.41, 5.74) is 0. The van der Waals surface area contributed by atoms with E-state index >= 15 is 0 Å². The molecule has 1 saturated carbocycles. The standard InChI is InChI=1S/C13H25N3O3S.ClH/c1-11-2-4-12(5-3-11)15-20(18,19)10-13(17)16-8-6-14-7-9-16;/h11-12,14-15H,2-10H2,1H3;1H. The highest BCUT2D eigenvalue weighted by Crippen LogP contribution is 2.23. The van der Waals surface area contributed by atoms with Crippen molar-refractivity contribution in [3.05, 3.63) is 0 Å². The van der Waals surface area contributed by atoms with Crippen LogP contribution in [0.3, 0.4) is 0 Å². The summed E-state index contributed by atoms with van der Waals surface area (Å²) in [7, 11) is -3.51. The highest BCUT2D eigenvalue weighted by Gasteiger charge is 2.27. The molecule has 2 rings (SSSR count). The maximum absolute atomic E-state index is 12.1. The van der Waals surface area contributed by atoms with Crippen molar-refractivity contribution in [1.29, 1.82) is 0 Å². The Hall–Kier alpha value is -0.370. The summed E-state index contributed by atoms with van der Waals surface area (Å²) in [6, 6.07) is 0.00650. The third-order valence-corrected chi connectivity index (χ3v) is 5.46.